The molecule has 0 bridgehead atoms. The molecule has 0 aromatic heterocycles. The number of amides is 1. The van der Waals surface area contributed by atoms with Crippen molar-refractivity contribution in [1.29, 1.82) is 0 Å². The number of carbonyl (C=O) groups is 2. The van der Waals surface area contributed by atoms with E-state index < -0.39 is 11.9 Å². The minimum absolute atomic E-state index is 0.00494. The first-order chi connectivity index (χ1) is 11.3. The van der Waals surface area contributed by atoms with E-state index >= 15 is 0 Å². The SMILES string of the molecule is CCOc1ccc(Cl)c(C(=O)Nc2c(Cl)cc(C(=O)O)cc2Cl)c1. The first-order valence-electron chi connectivity index (χ1n) is 6.79. The van der Waals surface area contributed by atoms with E-state index in [4.69, 9.17) is 44.6 Å². The van der Waals surface area contributed by atoms with E-state index in [1.165, 1.54) is 24.3 Å². The molecule has 2 aromatic carbocycles. The predicted octanol–water partition coefficient (Wildman–Crippen LogP) is 5.00. The highest BCUT2D eigenvalue weighted by Gasteiger charge is 2.17. The van der Waals surface area contributed by atoms with Crippen LogP contribution in [0.4, 0.5) is 5.69 Å². The molecule has 0 fully saturated rings. The van der Waals surface area contributed by atoms with Crippen LogP contribution in [0.25, 0.3) is 0 Å². The van der Waals surface area contributed by atoms with Crippen LogP contribution in [0.15, 0.2) is 30.3 Å². The summed E-state index contributed by atoms with van der Waals surface area (Å²) in [7, 11) is 0. The summed E-state index contributed by atoms with van der Waals surface area (Å²) in [6.45, 7) is 2.26. The van der Waals surface area contributed by atoms with Gasteiger partial charge in [-0.05, 0) is 37.3 Å². The van der Waals surface area contributed by atoms with Gasteiger partial charge in [0.1, 0.15) is 5.75 Å². The van der Waals surface area contributed by atoms with Crippen molar-refractivity contribution in [2.75, 3.05) is 11.9 Å². The van der Waals surface area contributed by atoms with Crippen LogP contribution < -0.4 is 10.1 Å². The molecule has 0 saturated heterocycles. The van der Waals surface area contributed by atoms with Gasteiger partial charge in [0.2, 0.25) is 0 Å². The van der Waals surface area contributed by atoms with Crippen LogP contribution in [0.1, 0.15) is 27.6 Å². The van der Waals surface area contributed by atoms with Gasteiger partial charge in [-0.3, -0.25) is 4.79 Å². The van der Waals surface area contributed by atoms with E-state index in [0.717, 1.165) is 0 Å². The Labute approximate surface area is 153 Å². The first-order valence-corrected chi connectivity index (χ1v) is 7.93. The van der Waals surface area contributed by atoms with Crippen LogP contribution in [0.3, 0.4) is 0 Å². The van der Waals surface area contributed by atoms with Crippen molar-refractivity contribution >= 4 is 52.4 Å². The highest BCUT2D eigenvalue weighted by Crippen LogP contribution is 2.33. The van der Waals surface area contributed by atoms with Crippen molar-refractivity contribution in [3.63, 3.8) is 0 Å². The van der Waals surface area contributed by atoms with Gasteiger partial charge in [-0.1, -0.05) is 34.8 Å². The highest BCUT2D eigenvalue weighted by molar-refractivity contribution is 6.41. The smallest absolute Gasteiger partial charge is 0.335 e. The van der Waals surface area contributed by atoms with Crippen LogP contribution in [0.2, 0.25) is 15.1 Å². The number of carboxylic acids is 1. The fourth-order valence-electron chi connectivity index (χ4n) is 1.93. The maximum absolute atomic E-state index is 12.4. The summed E-state index contributed by atoms with van der Waals surface area (Å²) in [6, 6.07) is 7.07. The first kappa shape index (κ1) is 18.4. The lowest BCUT2D eigenvalue weighted by molar-refractivity contribution is 0.0696. The number of rotatable bonds is 5. The summed E-state index contributed by atoms with van der Waals surface area (Å²) in [6.07, 6.45) is 0. The second kappa shape index (κ2) is 7.75. The molecule has 0 unspecified atom stereocenters. The molecule has 0 spiro atoms. The van der Waals surface area contributed by atoms with Gasteiger partial charge in [0, 0.05) is 0 Å². The number of aromatic carboxylic acids is 1. The average molecular weight is 389 g/mol. The van der Waals surface area contributed by atoms with Crippen molar-refractivity contribution in [1.82, 2.24) is 0 Å². The molecule has 24 heavy (non-hydrogen) atoms. The van der Waals surface area contributed by atoms with Gasteiger partial charge >= 0.3 is 5.97 Å². The third-order valence-corrected chi connectivity index (χ3v) is 3.95. The molecule has 0 saturated carbocycles. The number of nitrogens with one attached hydrogen (secondary N) is 1. The number of carbonyl (C=O) groups excluding carboxylic acids is 1. The van der Waals surface area contributed by atoms with Crippen LogP contribution in [-0.2, 0) is 0 Å². The largest absolute Gasteiger partial charge is 0.494 e. The molecule has 0 aliphatic heterocycles. The van der Waals surface area contributed by atoms with Crippen LogP contribution in [0, 0.1) is 0 Å². The number of anilines is 1. The topological polar surface area (TPSA) is 75.6 Å². The summed E-state index contributed by atoms with van der Waals surface area (Å²) >= 11 is 18.1. The Morgan fingerprint density at radius 1 is 1.08 bits per heavy atom. The maximum atomic E-state index is 12.4. The van der Waals surface area contributed by atoms with Gasteiger partial charge in [-0.15, -0.1) is 0 Å². The molecule has 2 aromatic rings. The van der Waals surface area contributed by atoms with Crippen LogP contribution in [-0.4, -0.2) is 23.6 Å². The zero-order valence-electron chi connectivity index (χ0n) is 12.4. The van der Waals surface area contributed by atoms with Crippen LogP contribution >= 0.6 is 34.8 Å². The summed E-state index contributed by atoms with van der Waals surface area (Å²) in [5.74, 6) is -1.23. The average Bonchev–Trinajstić information content (AvgIpc) is 2.52. The molecule has 0 aliphatic rings. The van der Waals surface area contributed by atoms with E-state index in [2.05, 4.69) is 5.32 Å². The Bertz CT molecular complexity index is 785. The van der Waals surface area contributed by atoms with Gasteiger partial charge in [0.15, 0.2) is 0 Å². The van der Waals surface area contributed by atoms with E-state index in [-0.39, 0.29) is 31.9 Å². The second-order valence-corrected chi connectivity index (χ2v) is 5.87. The minimum atomic E-state index is -1.18. The Balaban J connectivity index is 2.33. The van der Waals surface area contributed by atoms with Crippen molar-refractivity contribution in [2.24, 2.45) is 0 Å². The van der Waals surface area contributed by atoms with Gasteiger partial charge < -0.3 is 15.2 Å². The molecule has 126 valence electrons. The standard InChI is InChI=1S/C16H12Cl3NO4/c1-2-24-9-3-4-11(17)10(7-9)15(21)20-14-12(18)5-8(16(22)23)6-13(14)19/h3-7H,2H2,1H3,(H,20,21)(H,22,23). The monoisotopic (exact) mass is 387 g/mol. The van der Waals surface area contributed by atoms with Crippen molar-refractivity contribution in [2.45, 2.75) is 6.92 Å². The lowest BCUT2D eigenvalue weighted by atomic mass is 10.1. The second-order valence-electron chi connectivity index (χ2n) is 4.65. The molecule has 2 rings (SSSR count). The third kappa shape index (κ3) is 4.12. The summed E-state index contributed by atoms with van der Waals surface area (Å²) in [4.78, 5) is 23.4. The van der Waals surface area contributed by atoms with Gasteiger partial charge in [0.05, 0.1) is 38.5 Å². The zero-order valence-corrected chi connectivity index (χ0v) is 14.7. The van der Waals surface area contributed by atoms with E-state index in [9.17, 15) is 9.59 Å². The number of benzene rings is 2. The zero-order chi connectivity index (χ0) is 17.9. The summed E-state index contributed by atoms with van der Waals surface area (Å²) < 4.78 is 5.34. The molecular weight excluding hydrogens is 377 g/mol. The number of hydrogen-bond donors (Lipinski definition) is 2. The van der Waals surface area contributed by atoms with E-state index in [1.807, 2.05) is 6.92 Å². The van der Waals surface area contributed by atoms with Gasteiger partial charge in [0.25, 0.3) is 5.91 Å². The maximum Gasteiger partial charge on any atom is 0.335 e. The third-order valence-electron chi connectivity index (χ3n) is 3.02. The molecule has 0 radical (unpaired) electrons. The molecule has 0 aliphatic carbocycles. The Hall–Kier alpha value is -1.95. The quantitative estimate of drug-likeness (QED) is 0.756. The Morgan fingerprint density at radius 2 is 1.71 bits per heavy atom. The van der Waals surface area contributed by atoms with E-state index in [1.54, 1.807) is 6.07 Å². The van der Waals surface area contributed by atoms with Crippen molar-refractivity contribution in [3.8, 4) is 5.75 Å². The molecular formula is C16H12Cl3NO4. The Morgan fingerprint density at radius 3 is 2.25 bits per heavy atom. The van der Waals surface area contributed by atoms with Gasteiger partial charge in [-0.25, -0.2) is 4.79 Å². The fourth-order valence-corrected chi connectivity index (χ4v) is 2.72. The lowest BCUT2D eigenvalue weighted by Crippen LogP contribution is -2.14. The lowest BCUT2D eigenvalue weighted by Gasteiger charge is -2.12. The molecule has 8 heteroatoms. The number of carboxylic acid groups (broad SMARTS) is 1. The number of hydrogen-bond acceptors (Lipinski definition) is 3. The summed E-state index contributed by atoms with van der Waals surface area (Å²) in [5.41, 5.74) is 0.197. The number of ether oxygens (including phenoxy) is 1. The van der Waals surface area contributed by atoms with Crippen LogP contribution in [0.5, 0.6) is 5.75 Å². The van der Waals surface area contributed by atoms with Gasteiger partial charge in [-0.2, -0.15) is 0 Å². The number of halogens is 3. The van der Waals surface area contributed by atoms with E-state index in [0.29, 0.717) is 12.4 Å². The van der Waals surface area contributed by atoms with Crippen molar-refractivity contribution < 1.29 is 19.4 Å². The Kier molecular flexibility index (Phi) is 5.94. The molecule has 1 amide bonds. The molecule has 0 heterocycles. The minimum Gasteiger partial charge on any atom is -0.494 e. The summed E-state index contributed by atoms with van der Waals surface area (Å²) in [5, 5.41) is 11.7. The van der Waals surface area contributed by atoms with Crippen molar-refractivity contribution in [3.05, 3.63) is 56.5 Å². The fraction of sp³-hybridized carbons (Fsp3) is 0.125. The highest BCUT2D eigenvalue weighted by atomic mass is 35.5. The molecule has 5 nitrogen and oxygen atoms in total. The molecule has 0 atom stereocenters. The normalized spacial score (nSPS) is 10.3. The predicted molar refractivity (Wildman–Crippen MR) is 94.0 cm³/mol. The molecule has 2 N–H and O–H groups in total.